The molecule has 1 amide bonds. The first-order valence-corrected chi connectivity index (χ1v) is 6.23. The normalized spacial score (nSPS) is 21.2. The predicted octanol–water partition coefficient (Wildman–Crippen LogP) is 0.960. The van der Waals surface area contributed by atoms with Crippen LogP contribution in [0.2, 0.25) is 0 Å². The molecule has 1 saturated heterocycles. The maximum atomic E-state index is 12.1. The zero-order valence-corrected chi connectivity index (χ0v) is 11.6. The molecule has 0 aliphatic carbocycles. The van der Waals surface area contributed by atoms with Crippen LogP contribution in [0.4, 0.5) is 0 Å². The van der Waals surface area contributed by atoms with E-state index in [4.69, 9.17) is 5.11 Å². The fourth-order valence-electron chi connectivity index (χ4n) is 2.18. The number of hydrogen-bond donors (Lipinski definition) is 1. The van der Waals surface area contributed by atoms with Crippen molar-refractivity contribution in [3.63, 3.8) is 0 Å². The molecule has 1 aliphatic heterocycles. The second kappa shape index (κ2) is 5.52. The Labute approximate surface area is 108 Å². The molecule has 0 aromatic rings. The standard InChI is InChI=1S/C13H22N2O3/c1-5-10(11(16)17)6-7-15-9-8-14(4)12(18)13(15,2)3/h6H,5,7-9H2,1-4H3,(H,16,17). The molecular weight excluding hydrogens is 232 g/mol. The third-order valence-corrected chi connectivity index (χ3v) is 3.58. The summed E-state index contributed by atoms with van der Waals surface area (Å²) in [6.07, 6.45) is 2.21. The molecule has 0 unspecified atom stereocenters. The minimum Gasteiger partial charge on any atom is -0.478 e. The Morgan fingerprint density at radius 1 is 1.44 bits per heavy atom. The molecule has 1 fully saturated rings. The first-order chi connectivity index (χ1) is 8.30. The highest BCUT2D eigenvalue weighted by molar-refractivity contribution is 5.87. The van der Waals surface area contributed by atoms with E-state index >= 15 is 0 Å². The zero-order valence-electron chi connectivity index (χ0n) is 11.6. The Balaban J connectivity index is 2.79. The lowest BCUT2D eigenvalue weighted by atomic mass is 9.97. The van der Waals surface area contributed by atoms with Crippen LogP contribution < -0.4 is 0 Å². The molecule has 1 rings (SSSR count). The summed E-state index contributed by atoms with van der Waals surface area (Å²) in [5.74, 6) is -0.800. The molecule has 1 heterocycles. The van der Waals surface area contributed by atoms with Crippen molar-refractivity contribution in [1.29, 1.82) is 0 Å². The van der Waals surface area contributed by atoms with E-state index in [9.17, 15) is 9.59 Å². The monoisotopic (exact) mass is 254 g/mol. The first-order valence-electron chi connectivity index (χ1n) is 6.23. The highest BCUT2D eigenvalue weighted by atomic mass is 16.4. The predicted molar refractivity (Wildman–Crippen MR) is 69.3 cm³/mol. The molecule has 0 saturated carbocycles. The van der Waals surface area contributed by atoms with Crippen molar-refractivity contribution < 1.29 is 14.7 Å². The van der Waals surface area contributed by atoms with Crippen molar-refractivity contribution in [1.82, 2.24) is 9.80 Å². The second-order valence-electron chi connectivity index (χ2n) is 5.12. The molecule has 1 aliphatic rings. The maximum absolute atomic E-state index is 12.1. The van der Waals surface area contributed by atoms with Gasteiger partial charge in [0.05, 0.1) is 5.54 Å². The molecule has 0 atom stereocenters. The summed E-state index contributed by atoms with van der Waals surface area (Å²) >= 11 is 0. The lowest BCUT2D eigenvalue weighted by Gasteiger charge is -2.44. The molecule has 0 spiro atoms. The van der Waals surface area contributed by atoms with Crippen LogP contribution in [0.1, 0.15) is 27.2 Å². The van der Waals surface area contributed by atoms with Crippen LogP contribution in [-0.2, 0) is 9.59 Å². The molecular formula is C13H22N2O3. The van der Waals surface area contributed by atoms with Crippen molar-refractivity contribution in [2.45, 2.75) is 32.7 Å². The topological polar surface area (TPSA) is 60.9 Å². The van der Waals surface area contributed by atoms with E-state index in [1.54, 1.807) is 18.0 Å². The number of carboxylic acid groups (broad SMARTS) is 1. The number of carbonyl (C=O) groups is 2. The van der Waals surface area contributed by atoms with Crippen LogP contribution in [0, 0.1) is 0 Å². The minimum absolute atomic E-state index is 0.0792. The highest BCUT2D eigenvalue weighted by Crippen LogP contribution is 2.21. The first kappa shape index (κ1) is 14.7. The largest absolute Gasteiger partial charge is 0.478 e. The molecule has 5 nitrogen and oxygen atoms in total. The maximum Gasteiger partial charge on any atom is 0.331 e. The van der Waals surface area contributed by atoms with Gasteiger partial charge in [-0.05, 0) is 20.3 Å². The van der Waals surface area contributed by atoms with Crippen LogP contribution >= 0.6 is 0 Å². The van der Waals surface area contributed by atoms with E-state index < -0.39 is 11.5 Å². The lowest BCUT2D eigenvalue weighted by molar-refractivity contribution is -0.146. The number of rotatable bonds is 4. The average Bonchev–Trinajstić information content (AvgIpc) is 2.29. The van der Waals surface area contributed by atoms with Gasteiger partial charge in [0.1, 0.15) is 0 Å². The van der Waals surface area contributed by atoms with Gasteiger partial charge in [-0.25, -0.2) is 4.79 Å². The number of likely N-dealkylation sites (N-methyl/N-ethyl adjacent to an activating group) is 1. The molecule has 102 valence electrons. The number of aliphatic carboxylic acids is 1. The third-order valence-electron chi connectivity index (χ3n) is 3.58. The fraction of sp³-hybridized carbons (Fsp3) is 0.692. The molecule has 0 aromatic heterocycles. The summed E-state index contributed by atoms with van der Waals surface area (Å²) in [6.45, 7) is 7.53. The van der Waals surface area contributed by atoms with Gasteiger partial charge >= 0.3 is 5.97 Å². The third kappa shape index (κ3) is 2.90. The van der Waals surface area contributed by atoms with Gasteiger partial charge in [-0.15, -0.1) is 0 Å². The van der Waals surface area contributed by atoms with Gasteiger partial charge in [0, 0.05) is 32.3 Å². The van der Waals surface area contributed by atoms with Crippen molar-refractivity contribution in [3.05, 3.63) is 11.6 Å². The molecule has 0 bridgehead atoms. The summed E-state index contributed by atoms with van der Waals surface area (Å²) < 4.78 is 0. The van der Waals surface area contributed by atoms with E-state index in [0.717, 1.165) is 6.54 Å². The van der Waals surface area contributed by atoms with E-state index in [-0.39, 0.29) is 5.91 Å². The zero-order chi connectivity index (χ0) is 13.9. The van der Waals surface area contributed by atoms with Crippen molar-refractivity contribution in [2.75, 3.05) is 26.7 Å². The second-order valence-corrected chi connectivity index (χ2v) is 5.12. The van der Waals surface area contributed by atoms with E-state index in [2.05, 4.69) is 0 Å². The molecule has 5 heteroatoms. The summed E-state index contributed by atoms with van der Waals surface area (Å²) in [7, 11) is 1.80. The van der Waals surface area contributed by atoms with Crippen LogP contribution in [-0.4, -0.2) is 59.0 Å². The van der Waals surface area contributed by atoms with Gasteiger partial charge in [0.15, 0.2) is 0 Å². The lowest BCUT2D eigenvalue weighted by Crippen LogP contribution is -2.61. The van der Waals surface area contributed by atoms with Crippen molar-refractivity contribution in [3.8, 4) is 0 Å². The van der Waals surface area contributed by atoms with Crippen molar-refractivity contribution >= 4 is 11.9 Å². The SMILES string of the molecule is CCC(=CCN1CCN(C)C(=O)C1(C)C)C(=O)O. The number of hydrogen-bond acceptors (Lipinski definition) is 3. The van der Waals surface area contributed by atoms with Crippen LogP contribution in [0.25, 0.3) is 0 Å². The Morgan fingerprint density at radius 2 is 2.06 bits per heavy atom. The van der Waals surface area contributed by atoms with E-state index in [1.807, 2.05) is 25.7 Å². The van der Waals surface area contributed by atoms with Gasteiger partial charge in [-0.1, -0.05) is 13.0 Å². The number of carboxylic acids is 1. The summed E-state index contributed by atoms with van der Waals surface area (Å²) in [4.78, 5) is 26.7. The Bertz CT molecular complexity index is 374. The minimum atomic E-state index is -0.879. The smallest absolute Gasteiger partial charge is 0.331 e. The van der Waals surface area contributed by atoms with Crippen LogP contribution in [0.3, 0.4) is 0 Å². The van der Waals surface area contributed by atoms with E-state index in [0.29, 0.717) is 25.1 Å². The Morgan fingerprint density at radius 3 is 2.56 bits per heavy atom. The molecule has 0 aromatic carbocycles. The summed E-state index contributed by atoms with van der Waals surface area (Å²) in [5.41, 5.74) is -0.168. The van der Waals surface area contributed by atoms with Crippen LogP contribution in [0.5, 0.6) is 0 Å². The van der Waals surface area contributed by atoms with Crippen LogP contribution in [0.15, 0.2) is 11.6 Å². The summed E-state index contributed by atoms with van der Waals surface area (Å²) in [5, 5.41) is 8.96. The molecule has 18 heavy (non-hydrogen) atoms. The number of amides is 1. The van der Waals surface area contributed by atoms with Gasteiger partial charge in [0.2, 0.25) is 5.91 Å². The Hall–Kier alpha value is -1.36. The fourth-order valence-corrected chi connectivity index (χ4v) is 2.18. The number of piperazine rings is 1. The number of carbonyl (C=O) groups excluding carboxylic acids is 1. The van der Waals surface area contributed by atoms with Gasteiger partial charge in [0.25, 0.3) is 0 Å². The van der Waals surface area contributed by atoms with Crippen molar-refractivity contribution in [2.24, 2.45) is 0 Å². The van der Waals surface area contributed by atoms with Gasteiger partial charge in [-0.3, -0.25) is 9.69 Å². The van der Waals surface area contributed by atoms with E-state index in [1.165, 1.54) is 0 Å². The molecule has 0 radical (unpaired) electrons. The quantitative estimate of drug-likeness (QED) is 0.759. The number of nitrogens with zero attached hydrogens (tertiary/aromatic N) is 2. The highest BCUT2D eigenvalue weighted by Gasteiger charge is 2.39. The average molecular weight is 254 g/mol. The van der Waals surface area contributed by atoms with Gasteiger partial charge in [-0.2, -0.15) is 0 Å². The Kier molecular flexibility index (Phi) is 4.51. The van der Waals surface area contributed by atoms with Gasteiger partial charge < -0.3 is 10.0 Å². The summed E-state index contributed by atoms with van der Waals surface area (Å²) in [6, 6.07) is 0. The molecule has 1 N–H and O–H groups in total.